The zero-order chi connectivity index (χ0) is 7.40. The van der Waals surface area contributed by atoms with Gasteiger partial charge in [-0.1, -0.05) is 13.8 Å². The Bertz CT molecular complexity index is 172. The molecule has 0 bridgehead atoms. The van der Waals surface area contributed by atoms with Gasteiger partial charge in [-0.2, -0.15) is 0 Å². The fraction of sp³-hybridized carbons (Fsp3) is 0.625. The molecule has 2 heterocycles. The third-order valence-electron chi connectivity index (χ3n) is 1.63. The molecule has 0 N–H and O–H groups in total. The van der Waals surface area contributed by atoms with Gasteiger partial charge in [-0.25, -0.2) is 4.98 Å². The minimum absolute atomic E-state index is 1.18. The summed E-state index contributed by atoms with van der Waals surface area (Å²) >= 11 is 0. The Morgan fingerprint density at radius 1 is 1.50 bits per heavy atom. The highest BCUT2D eigenvalue weighted by Gasteiger charge is 2.07. The van der Waals surface area contributed by atoms with Gasteiger partial charge in [0.25, 0.3) is 0 Å². The van der Waals surface area contributed by atoms with E-state index < -0.39 is 0 Å². The number of aromatic nitrogens is 2. The lowest BCUT2D eigenvalue weighted by atomic mass is 10.3. The van der Waals surface area contributed by atoms with Gasteiger partial charge < -0.3 is 4.57 Å². The van der Waals surface area contributed by atoms with Crippen LogP contribution in [0.1, 0.15) is 26.0 Å². The largest absolute Gasteiger partial charge is 0.335 e. The molecule has 0 saturated carbocycles. The van der Waals surface area contributed by atoms with E-state index in [1.54, 1.807) is 0 Å². The molecule has 1 aromatic heterocycles. The second-order valence-electron chi connectivity index (χ2n) is 2.18. The predicted molar refractivity (Wildman–Crippen MR) is 41.9 cm³/mol. The third-order valence-corrected chi connectivity index (χ3v) is 1.63. The normalized spacial score (nSPS) is 13.8. The molecule has 0 amide bonds. The van der Waals surface area contributed by atoms with E-state index in [0.29, 0.717) is 0 Å². The molecule has 2 nitrogen and oxygen atoms in total. The number of hydrogen-bond acceptors (Lipinski definition) is 1. The summed E-state index contributed by atoms with van der Waals surface area (Å²) in [5, 5.41) is 0. The van der Waals surface area contributed by atoms with Gasteiger partial charge in [0.2, 0.25) is 0 Å². The second-order valence-corrected chi connectivity index (χ2v) is 2.18. The minimum atomic E-state index is 1.18. The second kappa shape index (κ2) is 3.40. The lowest BCUT2D eigenvalue weighted by Crippen LogP contribution is -1.86. The highest BCUT2D eigenvalue weighted by Crippen LogP contribution is 2.11. The van der Waals surface area contributed by atoms with Crippen molar-refractivity contribution < 1.29 is 0 Å². The molecule has 1 aliphatic heterocycles. The zero-order valence-corrected chi connectivity index (χ0v) is 6.67. The fourth-order valence-corrected chi connectivity index (χ4v) is 1.19. The Labute approximate surface area is 61.9 Å². The summed E-state index contributed by atoms with van der Waals surface area (Å²) < 4.78 is 2.21. The third kappa shape index (κ3) is 1.20. The first-order chi connectivity index (χ1) is 4.97. The van der Waals surface area contributed by atoms with Crippen LogP contribution in [0.2, 0.25) is 0 Å². The summed E-state index contributed by atoms with van der Waals surface area (Å²) in [5.74, 6) is 0. The maximum absolute atomic E-state index is 4.01. The molecule has 0 radical (unpaired) electrons. The van der Waals surface area contributed by atoms with E-state index in [4.69, 9.17) is 0 Å². The molecular weight excluding hydrogens is 124 g/mol. The Hall–Kier alpha value is -0.790. The van der Waals surface area contributed by atoms with Gasteiger partial charge in [0, 0.05) is 18.4 Å². The van der Waals surface area contributed by atoms with Crippen LogP contribution in [0.5, 0.6) is 0 Å². The van der Waals surface area contributed by atoms with Crippen molar-refractivity contribution in [1.82, 2.24) is 9.55 Å². The molecule has 0 aromatic carbocycles. The summed E-state index contributed by atoms with van der Waals surface area (Å²) in [7, 11) is 0. The Morgan fingerprint density at radius 2 is 2.30 bits per heavy atom. The van der Waals surface area contributed by atoms with E-state index in [1.165, 1.54) is 25.1 Å². The highest BCUT2D eigenvalue weighted by molar-refractivity contribution is 5.01. The van der Waals surface area contributed by atoms with Crippen LogP contribution in [0.15, 0.2) is 12.5 Å². The maximum Gasteiger partial charge on any atom is 0.0948 e. The SMILES string of the molecule is CC.c1ncn2c1CCC2. The first-order valence-corrected chi connectivity index (χ1v) is 3.96. The summed E-state index contributed by atoms with van der Waals surface area (Å²) in [5.41, 5.74) is 1.39. The van der Waals surface area contributed by atoms with Crippen molar-refractivity contribution in [3.63, 3.8) is 0 Å². The van der Waals surface area contributed by atoms with Gasteiger partial charge in [-0.15, -0.1) is 0 Å². The van der Waals surface area contributed by atoms with Crippen LogP contribution in [-0.4, -0.2) is 9.55 Å². The lowest BCUT2D eigenvalue weighted by molar-refractivity contribution is 0.741. The smallest absolute Gasteiger partial charge is 0.0948 e. The van der Waals surface area contributed by atoms with Crippen LogP contribution in [0.4, 0.5) is 0 Å². The molecule has 0 fully saturated rings. The molecule has 0 spiro atoms. The van der Waals surface area contributed by atoms with Crippen molar-refractivity contribution in [3.8, 4) is 0 Å². The molecule has 0 atom stereocenters. The number of nitrogens with zero attached hydrogens (tertiary/aromatic N) is 2. The number of rotatable bonds is 0. The van der Waals surface area contributed by atoms with Crippen molar-refractivity contribution in [1.29, 1.82) is 0 Å². The molecular formula is C8H14N2. The topological polar surface area (TPSA) is 17.8 Å². The first kappa shape index (κ1) is 7.32. The molecule has 2 rings (SSSR count). The molecule has 0 saturated heterocycles. The van der Waals surface area contributed by atoms with Crippen LogP contribution >= 0.6 is 0 Å². The average molecular weight is 138 g/mol. The number of fused-ring (bicyclic) bond motifs is 1. The molecule has 0 unspecified atom stereocenters. The Kier molecular flexibility index (Phi) is 2.49. The minimum Gasteiger partial charge on any atom is -0.335 e. The molecule has 0 aliphatic carbocycles. The standard InChI is InChI=1S/C6H8N2.C2H6/c1-2-6-4-7-5-8(6)3-1;1-2/h4-5H,1-3H2;1-2H3. The van der Waals surface area contributed by atoms with Gasteiger partial charge in [-0.3, -0.25) is 0 Å². The van der Waals surface area contributed by atoms with Crippen LogP contribution in [0, 0.1) is 0 Å². The number of aryl methyl sites for hydroxylation is 2. The van der Waals surface area contributed by atoms with Crippen molar-refractivity contribution in [2.45, 2.75) is 33.2 Å². The quantitative estimate of drug-likeness (QED) is 0.535. The van der Waals surface area contributed by atoms with Crippen molar-refractivity contribution >= 4 is 0 Å². The zero-order valence-electron chi connectivity index (χ0n) is 6.67. The number of imidazole rings is 1. The van der Waals surface area contributed by atoms with Crippen molar-refractivity contribution in [2.24, 2.45) is 0 Å². The summed E-state index contributed by atoms with van der Waals surface area (Å²) in [6.45, 7) is 5.18. The van der Waals surface area contributed by atoms with Gasteiger partial charge in [0.15, 0.2) is 0 Å². The van der Waals surface area contributed by atoms with E-state index in [1.807, 2.05) is 26.4 Å². The Balaban J connectivity index is 0.000000231. The summed E-state index contributed by atoms with van der Waals surface area (Å²) in [4.78, 5) is 4.01. The summed E-state index contributed by atoms with van der Waals surface area (Å²) in [6.07, 6.45) is 6.38. The Morgan fingerprint density at radius 3 is 3.00 bits per heavy atom. The molecule has 56 valence electrons. The van der Waals surface area contributed by atoms with Crippen molar-refractivity contribution in [3.05, 3.63) is 18.2 Å². The monoisotopic (exact) mass is 138 g/mol. The molecule has 1 aromatic rings. The summed E-state index contributed by atoms with van der Waals surface area (Å²) in [6, 6.07) is 0. The fourth-order valence-electron chi connectivity index (χ4n) is 1.19. The van der Waals surface area contributed by atoms with Gasteiger partial charge in [0.05, 0.1) is 6.33 Å². The molecule has 10 heavy (non-hydrogen) atoms. The van der Waals surface area contributed by atoms with Gasteiger partial charge >= 0.3 is 0 Å². The van der Waals surface area contributed by atoms with Crippen LogP contribution < -0.4 is 0 Å². The van der Waals surface area contributed by atoms with Crippen LogP contribution in [-0.2, 0) is 13.0 Å². The van der Waals surface area contributed by atoms with E-state index in [9.17, 15) is 0 Å². The van der Waals surface area contributed by atoms with E-state index in [-0.39, 0.29) is 0 Å². The van der Waals surface area contributed by atoms with E-state index in [0.717, 1.165) is 0 Å². The first-order valence-electron chi connectivity index (χ1n) is 3.96. The van der Waals surface area contributed by atoms with Crippen molar-refractivity contribution in [2.75, 3.05) is 0 Å². The lowest BCUT2D eigenvalue weighted by Gasteiger charge is -1.88. The highest BCUT2D eigenvalue weighted by atomic mass is 15.1. The molecule has 1 aliphatic rings. The number of hydrogen-bond donors (Lipinski definition) is 0. The maximum atomic E-state index is 4.01. The average Bonchev–Trinajstić information content (AvgIpc) is 2.49. The van der Waals surface area contributed by atoms with E-state index in [2.05, 4.69) is 9.55 Å². The van der Waals surface area contributed by atoms with Crippen LogP contribution in [0.3, 0.4) is 0 Å². The van der Waals surface area contributed by atoms with Gasteiger partial charge in [-0.05, 0) is 12.8 Å². The molecule has 2 heteroatoms. The van der Waals surface area contributed by atoms with Crippen LogP contribution in [0.25, 0.3) is 0 Å². The van der Waals surface area contributed by atoms with E-state index >= 15 is 0 Å². The van der Waals surface area contributed by atoms with Gasteiger partial charge in [0.1, 0.15) is 0 Å². The predicted octanol–water partition coefficient (Wildman–Crippen LogP) is 1.86.